The maximum Gasteiger partial charge on any atom is 0.391 e. The van der Waals surface area contributed by atoms with Crippen molar-refractivity contribution in [3.63, 3.8) is 0 Å². The molecule has 2 heterocycles. The minimum absolute atomic E-state index is 0.0170. The largest absolute Gasteiger partial charge is 0.391 e. The normalized spacial score (nSPS) is 20.6. The van der Waals surface area contributed by atoms with E-state index in [0.717, 1.165) is 30.0 Å². The number of hydrogen-bond acceptors (Lipinski definition) is 3. The monoisotopic (exact) mass is 361 g/mol. The zero-order valence-electron chi connectivity index (χ0n) is 13.7. The van der Waals surface area contributed by atoms with E-state index in [0.29, 0.717) is 0 Å². The van der Waals surface area contributed by atoms with Crippen molar-refractivity contribution >= 4 is 17.4 Å². The van der Waals surface area contributed by atoms with E-state index in [2.05, 4.69) is 10.3 Å². The first-order valence-corrected chi connectivity index (χ1v) is 9.27. The van der Waals surface area contributed by atoms with Crippen LogP contribution in [0.15, 0.2) is 0 Å². The van der Waals surface area contributed by atoms with Gasteiger partial charge in [0, 0.05) is 18.0 Å². The van der Waals surface area contributed by atoms with Gasteiger partial charge >= 0.3 is 12.2 Å². The minimum atomic E-state index is -4.16. The van der Waals surface area contributed by atoms with Gasteiger partial charge in [-0.25, -0.2) is 9.78 Å². The van der Waals surface area contributed by atoms with Crippen molar-refractivity contribution in [1.29, 1.82) is 0 Å². The summed E-state index contributed by atoms with van der Waals surface area (Å²) in [7, 11) is 0. The maximum atomic E-state index is 12.7. The Hall–Kier alpha value is -1.31. The molecule has 1 aromatic heterocycles. The molecule has 1 N–H and O–H groups in total. The molecule has 1 aromatic rings. The summed E-state index contributed by atoms with van der Waals surface area (Å²) in [4.78, 5) is 19.7. The summed E-state index contributed by atoms with van der Waals surface area (Å²) in [5.41, 5.74) is 1.15. The zero-order valence-corrected chi connectivity index (χ0v) is 14.5. The van der Waals surface area contributed by atoms with Crippen LogP contribution >= 0.6 is 11.3 Å². The minimum Gasteiger partial charge on any atom is -0.329 e. The fourth-order valence-corrected chi connectivity index (χ4v) is 4.46. The predicted molar refractivity (Wildman–Crippen MR) is 86.1 cm³/mol. The second kappa shape index (κ2) is 6.90. The van der Waals surface area contributed by atoms with Crippen LogP contribution in [-0.2, 0) is 12.8 Å². The van der Waals surface area contributed by atoms with Crippen LogP contribution in [0.2, 0.25) is 0 Å². The quantitative estimate of drug-likeness (QED) is 0.863. The molecule has 0 spiro atoms. The Kier molecular flexibility index (Phi) is 5.03. The average Bonchev–Trinajstić information content (AvgIpc) is 2.98. The molecule has 1 aliphatic carbocycles. The van der Waals surface area contributed by atoms with E-state index in [1.54, 1.807) is 11.3 Å². The fraction of sp³-hybridized carbons (Fsp3) is 0.750. The zero-order chi connectivity index (χ0) is 17.3. The van der Waals surface area contributed by atoms with Gasteiger partial charge in [0.05, 0.1) is 17.7 Å². The summed E-state index contributed by atoms with van der Waals surface area (Å²) in [6.07, 6.45) is 0.203. The number of fused-ring (bicyclic) bond motifs is 1. The molecular formula is C16H22F3N3OS. The number of amides is 2. The number of hydrogen-bond donors (Lipinski definition) is 1. The molecule has 24 heavy (non-hydrogen) atoms. The Morgan fingerprint density at radius 1 is 1.29 bits per heavy atom. The van der Waals surface area contributed by atoms with Crippen LogP contribution < -0.4 is 5.32 Å². The van der Waals surface area contributed by atoms with E-state index in [1.807, 2.05) is 6.92 Å². The Bertz CT molecular complexity index is 570. The van der Waals surface area contributed by atoms with Gasteiger partial charge in [-0.15, -0.1) is 11.3 Å². The molecule has 8 heteroatoms. The van der Waals surface area contributed by atoms with Crippen molar-refractivity contribution < 1.29 is 18.0 Å². The third-order valence-corrected chi connectivity index (χ3v) is 6.16. The predicted octanol–water partition coefficient (Wildman–Crippen LogP) is 4.07. The second-order valence-corrected chi connectivity index (χ2v) is 7.72. The fourth-order valence-electron chi connectivity index (χ4n) is 3.31. The molecule has 4 nitrogen and oxygen atoms in total. The van der Waals surface area contributed by atoms with Gasteiger partial charge in [0.25, 0.3) is 0 Å². The molecule has 1 aliphatic heterocycles. The van der Waals surface area contributed by atoms with Crippen molar-refractivity contribution in [2.75, 3.05) is 13.1 Å². The van der Waals surface area contributed by atoms with Crippen LogP contribution in [0.25, 0.3) is 0 Å². The molecule has 0 aromatic carbocycles. The Morgan fingerprint density at radius 3 is 2.58 bits per heavy atom. The summed E-state index contributed by atoms with van der Waals surface area (Å²) in [6, 6.07) is -0.510. The van der Waals surface area contributed by atoms with Crippen molar-refractivity contribution in [1.82, 2.24) is 15.2 Å². The van der Waals surface area contributed by atoms with E-state index in [-0.39, 0.29) is 38.0 Å². The number of aromatic nitrogens is 1. The number of nitrogens with one attached hydrogen (secondary N) is 1. The summed E-state index contributed by atoms with van der Waals surface area (Å²) in [5.74, 6) is -1.29. The van der Waals surface area contributed by atoms with Crippen molar-refractivity contribution in [2.45, 2.75) is 57.7 Å². The molecule has 134 valence electrons. The van der Waals surface area contributed by atoms with Crippen LogP contribution in [0, 0.1) is 5.92 Å². The van der Waals surface area contributed by atoms with Gasteiger partial charge in [-0.2, -0.15) is 13.2 Å². The number of piperidine rings is 1. The molecule has 0 radical (unpaired) electrons. The van der Waals surface area contributed by atoms with Crippen LogP contribution in [-0.4, -0.2) is 35.2 Å². The number of urea groups is 1. The summed E-state index contributed by atoms with van der Waals surface area (Å²) >= 11 is 1.64. The van der Waals surface area contributed by atoms with Crippen LogP contribution in [0.3, 0.4) is 0 Å². The first kappa shape index (κ1) is 17.5. The lowest BCUT2D eigenvalue weighted by molar-refractivity contribution is -0.183. The number of carbonyl (C=O) groups excluding carboxylic acids is 1. The second-order valence-electron chi connectivity index (χ2n) is 6.60. The molecule has 2 aliphatic rings. The van der Waals surface area contributed by atoms with Crippen LogP contribution in [0.4, 0.5) is 18.0 Å². The Balaban J connectivity index is 1.54. The molecule has 1 fully saturated rings. The third-order valence-electron chi connectivity index (χ3n) is 4.82. The Labute approximate surface area is 143 Å². The highest BCUT2D eigenvalue weighted by Gasteiger charge is 2.41. The van der Waals surface area contributed by atoms with E-state index in [1.165, 1.54) is 16.2 Å². The number of likely N-dealkylation sites (tertiary alicyclic amines) is 1. The number of halogens is 3. The van der Waals surface area contributed by atoms with E-state index in [9.17, 15) is 18.0 Å². The molecule has 3 rings (SSSR count). The molecular weight excluding hydrogens is 339 g/mol. The lowest BCUT2D eigenvalue weighted by atomic mass is 9.96. The highest BCUT2D eigenvalue weighted by atomic mass is 32.1. The van der Waals surface area contributed by atoms with Gasteiger partial charge in [-0.1, -0.05) is 0 Å². The van der Waals surface area contributed by atoms with E-state index < -0.39 is 12.1 Å². The van der Waals surface area contributed by atoms with Gasteiger partial charge in [0.2, 0.25) is 0 Å². The molecule has 0 saturated carbocycles. The Morgan fingerprint density at radius 2 is 1.96 bits per heavy atom. The van der Waals surface area contributed by atoms with Crippen LogP contribution in [0.1, 0.15) is 54.2 Å². The first-order chi connectivity index (χ1) is 11.3. The van der Waals surface area contributed by atoms with Crippen molar-refractivity contribution in [3.8, 4) is 0 Å². The van der Waals surface area contributed by atoms with Gasteiger partial charge in [-0.05, 0) is 45.4 Å². The van der Waals surface area contributed by atoms with E-state index in [4.69, 9.17) is 0 Å². The van der Waals surface area contributed by atoms with Gasteiger partial charge < -0.3 is 10.2 Å². The summed E-state index contributed by atoms with van der Waals surface area (Å²) < 4.78 is 38.1. The molecule has 1 saturated heterocycles. The summed E-state index contributed by atoms with van der Waals surface area (Å²) in [5, 5.41) is 3.77. The number of aryl methyl sites for hydroxylation is 2. The van der Waals surface area contributed by atoms with Gasteiger partial charge in [0.15, 0.2) is 0 Å². The maximum absolute atomic E-state index is 12.7. The van der Waals surface area contributed by atoms with Gasteiger partial charge in [0.1, 0.15) is 5.01 Å². The number of thiazole rings is 1. The average molecular weight is 361 g/mol. The lowest BCUT2D eigenvalue weighted by Gasteiger charge is -2.33. The highest BCUT2D eigenvalue weighted by molar-refractivity contribution is 7.11. The van der Waals surface area contributed by atoms with Crippen molar-refractivity contribution in [3.05, 3.63) is 15.6 Å². The SMILES string of the molecule is CC(NC(=O)N1CCC(C(F)(F)F)CC1)c1nc2c(s1)CCCC2. The molecule has 0 bridgehead atoms. The topological polar surface area (TPSA) is 45.2 Å². The van der Waals surface area contributed by atoms with Crippen LogP contribution in [0.5, 0.6) is 0 Å². The summed E-state index contributed by atoms with van der Waals surface area (Å²) in [6.45, 7) is 2.18. The highest BCUT2D eigenvalue weighted by Crippen LogP contribution is 2.34. The molecule has 1 unspecified atom stereocenters. The lowest BCUT2D eigenvalue weighted by Crippen LogP contribution is -2.47. The number of rotatable bonds is 2. The number of nitrogens with zero attached hydrogens (tertiary/aromatic N) is 2. The standard InChI is InChI=1S/C16H22F3N3OS/c1-10(14-21-12-4-2-3-5-13(12)24-14)20-15(23)22-8-6-11(7-9-22)16(17,18)19/h10-11H,2-9H2,1H3,(H,20,23). The first-order valence-electron chi connectivity index (χ1n) is 8.45. The third kappa shape index (κ3) is 3.84. The smallest absolute Gasteiger partial charge is 0.329 e. The van der Waals surface area contributed by atoms with E-state index >= 15 is 0 Å². The molecule has 1 atom stereocenters. The van der Waals surface area contributed by atoms with Gasteiger partial charge in [-0.3, -0.25) is 0 Å². The molecule has 2 amide bonds. The number of carbonyl (C=O) groups is 1. The van der Waals surface area contributed by atoms with Crippen molar-refractivity contribution in [2.24, 2.45) is 5.92 Å². The number of alkyl halides is 3.